The van der Waals surface area contributed by atoms with Crippen molar-refractivity contribution in [3.8, 4) is 11.5 Å². The Morgan fingerprint density at radius 3 is 2.09 bits per heavy atom. The summed E-state index contributed by atoms with van der Waals surface area (Å²) in [5, 5.41) is 0. The molecule has 1 aromatic rings. The molecule has 0 amide bonds. The van der Waals surface area contributed by atoms with Gasteiger partial charge in [0.2, 0.25) is 0 Å². The molecule has 23 heavy (non-hydrogen) atoms. The van der Waals surface area contributed by atoms with E-state index in [0.717, 1.165) is 5.56 Å². The minimum atomic E-state index is -0.326. The molecule has 0 unspecified atom stereocenters. The fourth-order valence-electron chi connectivity index (χ4n) is 3.16. The predicted octanol–water partition coefficient (Wildman–Crippen LogP) is 2.27. The van der Waals surface area contributed by atoms with Crippen molar-refractivity contribution in [2.24, 2.45) is 11.8 Å². The zero-order valence-electron chi connectivity index (χ0n) is 14.4. The fraction of sp³-hybridized carbons (Fsp3) is 0.647. The van der Waals surface area contributed by atoms with E-state index in [-0.39, 0.29) is 24.2 Å². The zero-order valence-corrected chi connectivity index (χ0v) is 14.4. The molecule has 2 rings (SSSR count). The molecular formula is C17H26O6. The lowest BCUT2D eigenvalue weighted by Gasteiger charge is -2.23. The number of ether oxygens (including phenoxy) is 6. The molecule has 1 saturated heterocycles. The van der Waals surface area contributed by atoms with E-state index < -0.39 is 0 Å². The Morgan fingerprint density at radius 2 is 1.52 bits per heavy atom. The average Bonchev–Trinajstić information content (AvgIpc) is 2.93. The third-order valence-electron chi connectivity index (χ3n) is 4.26. The summed E-state index contributed by atoms with van der Waals surface area (Å²) in [7, 11) is 8.26. The van der Waals surface area contributed by atoms with E-state index in [2.05, 4.69) is 0 Å². The van der Waals surface area contributed by atoms with Crippen molar-refractivity contribution in [1.82, 2.24) is 0 Å². The number of hydrogen-bond donors (Lipinski definition) is 0. The van der Waals surface area contributed by atoms with Gasteiger partial charge in [0.1, 0.15) is 0 Å². The molecule has 1 heterocycles. The van der Waals surface area contributed by atoms with Gasteiger partial charge in [0.05, 0.1) is 33.5 Å². The summed E-state index contributed by atoms with van der Waals surface area (Å²) in [6, 6.07) is 5.80. The lowest BCUT2D eigenvalue weighted by Crippen LogP contribution is -2.29. The Kier molecular flexibility index (Phi) is 6.65. The van der Waals surface area contributed by atoms with Crippen molar-refractivity contribution in [1.29, 1.82) is 0 Å². The Labute approximate surface area is 137 Å². The Bertz CT molecular complexity index is 492. The Balaban J connectivity index is 2.32. The smallest absolute Gasteiger partial charge is 0.163 e. The third-order valence-corrected chi connectivity index (χ3v) is 4.26. The van der Waals surface area contributed by atoms with Crippen LogP contribution in [-0.4, -0.2) is 55.1 Å². The van der Waals surface area contributed by atoms with E-state index in [1.807, 2.05) is 18.2 Å². The predicted molar refractivity (Wildman–Crippen MR) is 84.9 cm³/mol. The molecule has 1 aliphatic rings. The highest BCUT2D eigenvalue weighted by Gasteiger charge is 2.45. The summed E-state index contributed by atoms with van der Waals surface area (Å²) < 4.78 is 33.0. The van der Waals surface area contributed by atoms with Crippen LogP contribution in [0, 0.1) is 11.8 Å². The van der Waals surface area contributed by atoms with Crippen LogP contribution in [0.4, 0.5) is 0 Å². The minimum Gasteiger partial charge on any atom is -0.493 e. The topological polar surface area (TPSA) is 55.4 Å². The second kappa shape index (κ2) is 8.49. The highest BCUT2D eigenvalue weighted by Crippen LogP contribution is 2.44. The summed E-state index contributed by atoms with van der Waals surface area (Å²) >= 11 is 0. The first-order valence-electron chi connectivity index (χ1n) is 7.58. The fourth-order valence-corrected chi connectivity index (χ4v) is 3.16. The molecule has 1 aliphatic heterocycles. The first-order chi connectivity index (χ1) is 11.2. The first-order valence-corrected chi connectivity index (χ1v) is 7.58. The maximum absolute atomic E-state index is 6.12. The molecule has 0 aromatic heterocycles. The minimum absolute atomic E-state index is 0.100. The summed E-state index contributed by atoms with van der Waals surface area (Å²) in [6.45, 7) is 1.11. The second-order valence-electron chi connectivity index (χ2n) is 5.51. The molecule has 0 spiro atoms. The molecule has 6 nitrogen and oxygen atoms in total. The van der Waals surface area contributed by atoms with Gasteiger partial charge >= 0.3 is 0 Å². The lowest BCUT2D eigenvalue weighted by molar-refractivity contribution is -0.139. The molecule has 4 atom stereocenters. The molecule has 1 aromatic carbocycles. The average molecular weight is 326 g/mol. The van der Waals surface area contributed by atoms with E-state index >= 15 is 0 Å². The van der Waals surface area contributed by atoms with Crippen LogP contribution < -0.4 is 9.47 Å². The van der Waals surface area contributed by atoms with Crippen LogP contribution >= 0.6 is 0 Å². The van der Waals surface area contributed by atoms with Crippen LogP contribution in [-0.2, 0) is 18.9 Å². The number of benzene rings is 1. The maximum Gasteiger partial charge on any atom is 0.163 e. The van der Waals surface area contributed by atoms with Crippen LogP contribution in [0.25, 0.3) is 0 Å². The van der Waals surface area contributed by atoms with Gasteiger partial charge in [-0.3, -0.25) is 0 Å². The molecule has 0 radical (unpaired) electrons. The molecule has 0 N–H and O–H groups in total. The van der Waals surface area contributed by atoms with Gasteiger partial charge < -0.3 is 28.4 Å². The third kappa shape index (κ3) is 3.77. The van der Waals surface area contributed by atoms with Crippen LogP contribution in [0.15, 0.2) is 18.2 Å². The molecule has 6 heteroatoms. The molecule has 1 fully saturated rings. The molecular weight excluding hydrogens is 300 g/mol. The van der Waals surface area contributed by atoms with Crippen molar-refractivity contribution in [3.63, 3.8) is 0 Å². The van der Waals surface area contributed by atoms with Gasteiger partial charge in [0.25, 0.3) is 0 Å². The molecule has 130 valence electrons. The summed E-state index contributed by atoms with van der Waals surface area (Å²) in [4.78, 5) is 0. The normalized spacial score (nSPS) is 27.2. The van der Waals surface area contributed by atoms with E-state index in [9.17, 15) is 0 Å². The van der Waals surface area contributed by atoms with Crippen LogP contribution in [0.2, 0.25) is 0 Å². The highest BCUT2D eigenvalue weighted by atomic mass is 16.7. The molecule has 0 aliphatic carbocycles. The van der Waals surface area contributed by atoms with Gasteiger partial charge in [-0.1, -0.05) is 6.07 Å². The molecule has 0 saturated carbocycles. The number of hydrogen-bond acceptors (Lipinski definition) is 6. The van der Waals surface area contributed by atoms with E-state index in [1.165, 1.54) is 0 Å². The van der Waals surface area contributed by atoms with Crippen LogP contribution in [0.5, 0.6) is 11.5 Å². The van der Waals surface area contributed by atoms with Crippen LogP contribution in [0.1, 0.15) is 11.7 Å². The van der Waals surface area contributed by atoms with E-state index in [4.69, 9.17) is 28.4 Å². The van der Waals surface area contributed by atoms with E-state index in [0.29, 0.717) is 24.7 Å². The van der Waals surface area contributed by atoms with Crippen LogP contribution in [0.3, 0.4) is 0 Å². The zero-order chi connectivity index (χ0) is 16.8. The maximum atomic E-state index is 6.12. The summed E-state index contributed by atoms with van der Waals surface area (Å²) in [5.74, 6) is 1.59. The van der Waals surface area contributed by atoms with Crippen molar-refractivity contribution in [2.45, 2.75) is 12.4 Å². The largest absolute Gasteiger partial charge is 0.493 e. The van der Waals surface area contributed by atoms with Gasteiger partial charge in [-0.25, -0.2) is 0 Å². The van der Waals surface area contributed by atoms with Crippen molar-refractivity contribution < 1.29 is 28.4 Å². The SMILES string of the molecule is COC[C@@H]1[C@@H](COC)[C@@H](OC)O[C@H]1c1ccc(OC)c(OC)c1. The quantitative estimate of drug-likeness (QED) is 0.730. The summed E-state index contributed by atoms with van der Waals surface area (Å²) in [5.41, 5.74) is 1.00. The lowest BCUT2D eigenvalue weighted by atomic mass is 9.87. The number of rotatable bonds is 8. The van der Waals surface area contributed by atoms with Gasteiger partial charge in [0, 0.05) is 33.2 Å². The van der Waals surface area contributed by atoms with Gasteiger partial charge in [-0.15, -0.1) is 0 Å². The highest BCUT2D eigenvalue weighted by molar-refractivity contribution is 5.43. The summed E-state index contributed by atoms with van der Waals surface area (Å²) in [6.07, 6.45) is -0.479. The molecule has 0 bridgehead atoms. The van der Waals surface area contributed by atoms with Crippen molar-refractivity contribution in [2.75, 3.05) is 48.8 Å². The standard InChI is InChI=1S/C17H26O6/c1-18-9-12-13(10-19-2)17(22-5)23-16(12)11-6-7-14(20-3)15(8-11)21-4/h6-8,12-13,16-17H,9-10H2,1-5H3/t12-,13-,16+,17+/m1/s1. The van der Waals surface area contributed by atoms with Gasteiger partial charge in [-0.2, -0.15) is 0 Å². The first kappa shape index (κ1) is 18.0. The van der Waals surface area contributed by atoms with Crippen molar-refractivity contribution in [3.05, 3.63) is 23.8 Å². The Hall–Kier alpha value is -1.34. The number of methoxy groups -OCH3 is 5. The second-order valence-corrected chi connectivity index (χ2v) is 5.51. The monoisotopic (exact) mass is 326 g/mol. The van der Waals surface area contributed by atoms with E-state index in [1.54, 1.807) is 35.5 Å². The van der Waals surface area contributed by atoms with Gasteiger partial charge in [0.15, 0.2) is 17.8 Å². The Morgan fingerprint density at radius 1 is 0.870 bits per heavy atom. The van der Waals surface area contributed by atoms with Crippen molar-refractivity contribution >= 4 is 0 Å². The van der Waals surface area contributed by atoms with Gasteiger partial charge in [-0.05, 0) is 17.7 Å².